The molecule has 26 heavy (non-hydrogen) atoms. The molecule has 1 aliphatic heterocycles. The van der Waals surface area contributed by atoms with Crippen LogP contribution in [-0.2, 0) is 14.3 Å². The first-order valence-corrected chi connectivity index (χ1v) is 8.58. The summed E-state index contributed by atoms with van der Waals surface area (Å²) in [5.41, 5.74) is -0.582. The Morgan fingerprint density at radius 3 is 2.69 bits per heavy atom. The number of hydrogen-bond acceptors (Lipinski definition) is 5. The van der Waals surface area contributed by atoms with Crippen molar-refractivity contribution in [3.8, 4) is 5.75 Å². The summed E-state index contributed by atoms with van der Waals surface area (Å²) in [7, 11) is 1.46. The SMILES string of the molecule is COCC1(C(=O)O)CCCN(C(=O)C(C)Oc2cccc(C(C)=O)c2)C1. The number of hydrogen-bond donors (Lipinski definition) is 1. The summed E-state index contributed by atoms with van der Waals surface area (Å²) in [5.74, 6) is -0.896. The second-order valence-electron chi connectivity index (χ2n) is 6.73. The molecule has 1 saturated heterocycles. The topological polar surface area (TPSA) is 93.1 Å². The molecule has 142 valence electrons. The molecule has 2 atom stereocenters. The van der Waals surface area contributed by atoms with Crippen molar-refractivity contribution in [1.82, 2.24) is 4.90 Å². The lowest BCUT2D eigenvalue weighted by Gasteiger charge is -2.40. The Hall–Kier alpha value is -2.41. The fourth-order valence-electron chi connectivity index (χ4n) is 3.25. The average molecular weight is 363 g/mol. The van der Waals surface area contributed by atoms with Crippen molar-refractivity contribution in [2.45, 2.75) is 32.8 Å². The Labute approximate surface area is 152 Å². The van der Waals surface area contributed by atoms with Gasteiger partial charge < -0.3 is 19.5 Å². The Kier molecular flexibility index (Phi) is 6.37. The Balaban J connectivity index is 2.08. The van der Waals surface area contributed by atoms with Gasteiger partial charge in [0.05, 0.1) is 6.61 Å². The third-order valence-electron chi connectivity index (χ3n) is 4.66. The molecule has 1 amide bonds. The molecule has 0 saturated carbocycles. The van der Waals surface area contributed by atoms with Gasteiger partial charge in [-0.05, 0) is 38.8 Å². The number of ketones is 1. The highest BCUT2D eigenvalue weighted by atomic mass is 16.5. The van der Waals surface area contributed by atoms with Gasteiger partial charge >= 0.3 is 5.97 Å². The number of benzene rings is 1. The summed E-state index contributed by atoms with van der Waals surface area (Å²) >= 11 is 0. The molecule has 0 spiro atoms. The third-order valence-corrected chi connectivity index (χ3v) is 4.66. The van der Waals surface area contributed by atoms with Crippen LogP contribution in [0.5, 0.6) is 5.75 Å². The van der Waals surface area contributed by atoms with E-state index in [0.29, 0.717) is 30.7 Å². The zero-order valence-electron chi connectivity index (χ0n) is 15.4. The zero-order valence-corrected chi connectivity index (χ0v) is 15.4. The minimum Gasteiger partial charge on any atom is -0.481 e. The number of methoxy groups -OCH3 is 1. The standard InChI is InChI=1S/C19H25NO6/c1-13(21)15-6-4-7-16(10-15)26-14(2)17(22)20-9-5-8-19(11-20,12-25-3)18(23)24/h4,6-7,10,14H,5,8-9,11-12H2,1-3H3,(H,23,24). The average Bonchev–Trinajstić information content (AvgIpc) is 2.61. The van der Waals surface area contributed by atoms with Crippen LogP contribution in [0, 0.1) is 5.41 Å². The van der Waals surface area contributed by atoms with Gasteiger partial charge in [0.15, 0.2) is 11.9 Å². The Morgan fingerprint density at radius 1 is 1.35 bits per heavy atom. The monoisotopic (exact) mass is 363 g/mol. The number of amides is 1. The Bertz CT molecular complexity index is 684. The molecule has 2 unspecified atom stereocenters. The third kappa shape index (κ3) is 4.40. The predicted octanol–water partition coefficient (Wildman–Crippen LogP) is 2.00. The van der Waals surface area contributed by atoms with Gasteiger partial charge in [-0.25, -0.2) is 0 Å². The summed E-state index contributed by atoms with van der Waals surface area (Å²) in [4.78, 5) is 37.4. The van der Waals surface area contributed by atoms with Gasteiger partial charge in [0.25, 0.3) is 5.91 Å². The molecular weight excluding hydrogens is 338 g/mol. The van der Waals surface area contributed by atoms with E-state index in [1.54, 1.807) is 31.2 Å². The lowest BCUT2D eigenvalue weighted by Crippen LogP contribution is -2.54. The van der Waals surface area contributed by atoms with Gasteiger partial charge in [0, 0.05) is 25.8 Å². The largest absolute Gasteiger partial charge is 0.481 e. The lowest BCUT2D eigenvalue weighted by atomic mass is 9.80. The molecule has 1 aromatic carbocycles. The van der Waals surface area contributed by atoms with Gasteiger partial charge in [-0.1, -0.05) is 12.1 Å². The number of aliphatic carboxylic acids is 1. The van der Waals surface area contributed by atoms with Gasteiger partial charge in [0.1, 0.15) is 11.2 Å². The second kappa shape index (κ2) is 8.31. The first kappa shape index (κ1) is 19.9. The molecule has 1 fully saturated rings. The van der Waals surface area contributed by atoms with Crippen molar-refractivity contribution in [2.24, 2.45) is 5.41 Å². The van der Waals surface area contributed by atoms with Crippen LogP contribution in [-0.4, -0.2) is 60.6 Å². The van der Waals surface area contributed by atoms with E-state index in [9.17, 15) is 19.5 Å². The van der Waals surface area contributed by atoms with E-state index >= 15 is 0 Å². The molecule has 0 aliphatic carbocycles. The summed E-state index contributed by atoms with van der Waals surface area (Å²) in [6.07, 6.45) is 0.272. The molecule has 7 nitrogen and oxygen atoms in total. The maximum Gasteiger partial charge on any atom is 0.313 e. The van der Waals surface area contributed by atoms with Crippen molar-refractivity contribution in [1.29, 1.82) is 0 Å². The van der Waals surface area contributed by atoms with Gasteiger partial charge in [-0.2, -0.15) is 0 Å². The van der Waals surface area contributed by atoms with Crippen LogP contribution in [0.1, 0.15) is 37.0 Å². The first-order valence-electron chi connectivity index (χ1n) is 8.58. The maximum absolute atomic E-state index is 12.7. The molecule has 1 heterocycles. The van der Waals surface area contributed by atoms with Crippen LogP contribution < -0.4 is 4.74 Å². The second-order valence-corrected chi connectivity index (χ2v) is 6.73. The van der Waals surface area contributed by atoms with E-state index in [4.69, 9.17) is 9.47 Å². The number of carbonyl (C=O) groups excluding carboxylic acids is 2. The number of nitrogens with zero attached hydrogens (tertiary/aromatic N) is 1. The molecule has 2 rings (SSSR count). The van der Waals surface area contributed by atoms with Crippen LogP contribution in [0.2, 0.25) is 0 Å². The zero-order chi connectivity index (χ0) is 19.3. The van der Waals surface area contributed by atoms with E-state index in [0.717, 1.165) is 0 Å². The van der Waals surface area contributed by atoms with Crippen molar-refractivity contribution in [2.75, 3.05) is 26.8 Å². The fraction of sp³-hybridized carbons (Fsp3) is 0.526. The number of Topliss-reactive ketones (excluding diaryl/α,β-unsaturated/α-hetero) is 1. The highest BCUT2D eigenvalue weighted by Gasteiger charge is 2.44. The quantitative estimate of drug-likeness (QED) is 0.745. The van der Waals surface area contributed by atoms with E-state index in [2.05, 4.69) is 0 Å². The highest BCUT2D eigenvalue weighted by molar-refractivity contribution is 5.94. The Morgan fingerprint density at radius 2 is 2.08 bits per heavy atom. The molecular formula is C19H25NO6. The molecule has 1 aliphatic rings. The number of carboxylic acid groups (broad SMARTS) is 1. The van der Waals surface area contributed by atoms with Gasteiger partial charge in [-0.3, -0.25) is 14.4 Å². The maximum atomic E-state index is 12.7. The van der Waals surface area contributed by atoms with E-state index in [1.807, 2.05) is 0 Å². The molecule has 0 bridgehead atoms. The van der Waals surface area contributed by atoms with Crippen LogP contribution in [0.4, 0.5) is 0 Å². The first-order chi connectivity index (χ1) is 12.3. The summed E-state index contributed by atoms with van der Waals surface area (Å²) < 4.78 is 10.8. The normalized spacial score (nSPS) is 21.1. The number of rotatable bonds is 7. The molecule has 1 N–H and O–H groups in total. The summed E-state index contributed by atoms with van der Waals surface area (Å²) in [6, 6.07) is 6.64. The van der Waals surface area contributed by atoms with Gasteiger partial charge in [0.2, 0.25) is 0 Å². The smallest absolute Gasteiger partial charge is 0.313 e. The van der Waals surface area contributed by atoms with E-state index < -0.39 is 17.5 Å². The van der Waals surface area contributed by atoms with E-state index in [1.165, 1.54) is 18.9 Å². The number of carbonyl (C=O) groups is 3. The number of ether oxygens (including phenoxy) is 2. The van der Waals surface area contributed by atoms with Crippen molar-refractivity contribution >= 4 is 17.7 Å². The number of piperidine rings is 1. The molecule has 7 heteroatoms. The highest BCUT2D eigenvalue weighted by Crippen LogP contribution is 2.31. The fourth-order valence-corrected chi connectivity index (χ4v) is 3.25. The van der Waals surface area contributed by atoms with Crippen LogP contribution in [0.3, 0.4) is 0 Å². The minimum absolute atomic E-state index is 0.0575. The molecule has 1 aromatic rings. The van der Waals surface area contributed by atoms with E-state index in [-0.39, 0.29) is 24.8 Å². The number of likely N-dealkylation sites (tertiary alicyclic amines) is 1. The summed E-state index contributed by atoms with van der Waals surface area (Å²) in [6.45, 7) is 3.72. The van der Waals surface area contributed by atoms with Crippen molar-refractivity contribution in [3.63, 3.8) is 0 Å². The predicted molar refractivity (Wildman–Crippen MR) is 94.3 cm³/mol. The minimum atomic E-state index is -1.09. The number of carboxylic acids is 1. The van der Waals surface area contributed by atoms with Crippen LogP contribution >= 0.6 is 0 Å². The lowest BCUT2D eigenvalue weighted by molar-refractivity contribution is -0.160. The summed E-state index contributed by atoms with van der Waals surface area (Å²) in [5, 5.41) is 9.59. The van der Waals surface area contributed by atoms with Crippen molar-refractivity contribution in [3.05, 3.63) is 29.8 Å². The van der Waals surface area contributed by atoms with Gasteiger partial charge in [-0.15, -0.1) is 0 Å². The van der Waals surface area contributed by atoms with Crippen LogP contribution in [0.25, 0.3) is 0 Å². The molecule has 0 radical (unpaired) electrons. The van der Waals surface area contributed by atoms with Crippen molar-refractivity contribution < 1.29 is 29.0 Å². The molecule has 0 aromatic heterocycles. The van der Waals surface area contributed by atoms with Crippen LogP contribution in [0.15, 0.2) is 24.3 Å².